The van der Waals surface area contributed by atoms with Gasteiger partial charge < -0.3 is 19.5 Å². The van der Waals surface area contributed by atoms with Gasteiger partial charge in [-0.2, -0.15) is 0 Å². The molecule has 1 amide bonds. The Hall–Kier alpha value is -3.64. The summed E-state index contributed by atoms with van der Waals surface area (Å²) < 4.78 is 17.4. The topological polar surface area (TPSA) is 122 Å². The SMILES string of the molecule is C=CCn1c(COc2ccc(C(C)(C)C)cc2)nnc1SCC(=O)Nc1sc(C(=O)OC)c(C)c1C(=O)OC. The molecule has 208 valence electrons. The summed E-state index contributed by atoms with van der Waals surface area (Å²) in [7, 11) is 2.48. The van der Waals surface area contributed by atoms with Crippen LogP contribution in [0.3, 0.4) is 0 Å². The van der Waals surface area contributed by atoms with Gasteiger partial charge in [0, 0.05) is 6.54 Å². The number of thioether (sulfide) groups is 1. The lowest BCUT2D eigenvalue weighted by Gasteiger charge is -2.19. The van der Waals surface area contributed by atoms with Crippen LogP contribution in [0.2, 0.25) is 0 Å². The van der Waals surface area contributed by atoms with Gasteiger partial charge >= 0.3 is 11.9 Å². The molecule has 1 aromatic carbocycles. The van der Waals surface area contributed by atoms with Crippen LogP contribution in [0.25, 0.3) is 0 Å². The second kappa shape index (κ2) is 12.9. The van der Waals surface area contributed by atoms with Gasteiger partial charge in [-0.1, -0.05) is 50.7 Å². The van der Waals surface area contributed by atoms with Gasteiger partial charge in [0.1, 0.15) is 22.2 Å². The third-order valence-corrected chi connectivity index (χ3v) is 7.84. The van der Waals surface area contributed by atoms with Gasteiger partial charge in [-0.05, 0) is 35.6 Å². The van der Waals surface area contributed by atoms with Crippen molar-refractivity contribution in [3.63, 3.8) is 0 Å². The summed E-state index contributed by atoms with van der Waals surface area (Å²) >= 11 is 2.13. The summed E-state index contributed by atoms with van der Waals surface area (Å²) in [5.74, 6) is -0.380. The normalized spacial score (nSPS) is 11.1. The maximum absolute atomic E-state index is 12.8. The molecule has 2 aromatic heterocycles. The Balaban J connectivity index is 1.69. The number of carbonyl (C=O) groups is 3. The Kier molecular flexibility index (Phi) is 9.92. The van der Waals surface area contributed by atoms with Gasteiger partial charge in [-0.15, -0.1) is 28.1 Å². The highest BCUT2D eigenvalue weighted by molar-refractivity contribution is 7.99. The number of anilines is 1. The minimum atomic E-state index is -0.662. The van der Waals surface area contributed by atoms with Crippen molar-refractivity contribution in [3.05, 3.63) is 64.3 Å². The molecule has 0 atom stereocenters. The van der Waals surface area contributed by atoms with Crippen LogP contribution in [-0.4, -0.2) is 52.6 Å². The largest absolute Gasteiger partial charge is 0.486 e. The number of thiophene rings is 1. The van der Waals surface area contributed by atoms with E-state index in [4.69, 9.17) is 14.2 Å². The fraction of sp³-hybridized carbons (Fsp3) is 0.370. The summed E-state index contributed by atoms with van der Waals surface area (Å²) in [4.78, 5) is 37.4. The molecule has 12 heteroatoms. The molecule has 0 radical (unpaired) electrons. The van der Waals surface area contributed by atoms with Crippen molar-refractivity contribution in [3.8, 4) is 5.75 Å². The summed E-state index contributed by atoms with van der Waals surface area (Å²) in [6.07, 6.45) is 1.71. The van der Waals surface area contributed by atoms with Crippen molar-refractivity contribution in [1.82, 2.24) is 14.8 Å². The van der Waals surface area contributed by atoms with Crippen LogP contribution in [0.4, 0.5) is 5.00 Å². The molecule has 0 saturated heterocycles. The second-order valence-corrected chi connectivity index (χ2v) is 11.4. The van der Waals surface area contributed by atoms with Crippen LogP contribution < -0.4 is 10.1 Å². The molecule has 0 bridgehead atoms. The highest BCUT2D eigenvalue weighted by Gasteiger charge is 2.27. The first-order valence-corrected chi connectivity index (χ1v) is 13.8. The molecule has 10 nitrogen and oxygen atoms in total. The number of ether oxygens (including phenoxy) is 3. The number of esters is 2. The predicted molar refractivity (Wildman–Crippen MR) is 151 cm³/mol. The number of rotatable bonds is 11. The van der Waals surface area contributed by atoms with Crippen molar-refractivity contribution < 1.29 is 28.6 Å². The first kappa shape index (κ1) is 29.9. The Bertz CT molecular complexity index is 1360. The Labute approximate surface area is 235 Å². The van der Waals surface area contributed by atoms with E-state index in [1.165, 1.54) is 31.5 Å². The molecule has 1 N–H and O–H groups in total. The Morgan fingerprint density at radius 3 is 2.36 bits per heavy atom. The zero-order valence-electron chi connectivity index (χ0n) is 22.8. The van der Waals surface area contributed by atoms with E-state index in [2.05, 4.69) is 42.9 Å². The van der Waals surface area contributed by atoms with Crippen molar-refractivity contribution in [1.29, 1.82) is 0 Å². The zero-order chi connectivity index (χ0) is 28.7. The molecule has 0 fully saturated rings. The maximum atomic E-state index is 12.8. The third kappa shape index (κ3) is 7.27. The fourth-order valence-electron chi connectivity index (χ4n) is 3.57. The maximum Gasteiger partial charge on any atom is 0.348 e. The monoisotopic (exact) mass is 572 g/mol. The summed E-state index contributed by atoms with van der Waals surface area (Å²) in [5, 5.41) is 11.9. The molecule has 0 spiro atoms. The predicted octanol–water partition coefficient (Wildman–Crippen LogP) is 5.01. The van der Waals surface area contributed by atoms with E-state index >= 15 is 0 Å². The first-order valence-electron chi connectivity index (χ1n) is 12.0. The number of carbonyl (C=O) groups excluding carboxylic acids is 3. The van der Waals surface area contributed by atoms with E-state index in [1.807, 2.05) is 28.8 Å². The summed E-state index contributed by atoms with van der Waals surface area (Å²) in [6, 6.07) is 7.93. The lowest BCUT2D eigenvalue weighted by Crippen LogP contribution is -2.16. The van der Waals surface area contributed by atoms with Crippen LogP contribution in [0.1, 0.15) is 57.8 Å². The fourth-order valence-corrected chi connectivity index (χ4v) is 5.47. The highest BCUT2D eigenvalue weighted by Crippen LogP contribution is 2.34. The Morgan fingerprint density at radius 2 is 1.77 bits per heavy atom. The third-order valence-electron chi connectivity index (χ3n) is 5.69. The number of allylic oxidation sites excluding steroid dienone is 1. The molecule has 3 rings (SSSR count). The molecule has 0 aliphatic carbocycles. The number of amides is 1. The van der Waals surface area contributed by atoms with Gasteiger partial charge in [0.25, 0.3) is 0 Å². The van der Waals surface area contributed by atoms with E-state index in [-0.39, 0.29) is 33.2 Å². The molecule has 39 heavy (non-hydrogen) atoms. The van der Waals surface area contributed by atoms with Gasteiger partial charge in [0.05, 0.1) is 25.5 Å². The molecular weight excluding hydrogens is 540 g/mol. The minimum Gasteiger partial charge on any atom is -0.486 e. The standard InChI is InChI=1S/C27H32N4O6S2/c1-8-13-31-19(14-37-18-11-9-17(10-12-18)27(3,4)5)29-30-26(31)38-15-20(32)28-23-21(24(33)35-6)16(2)22(39-23)25(34)36-7/h8-12H,1,13-15H2,2-7H3,(H,28,32). The van der Waals surface area contributed by atoms with E-state index in [9.17, 15) is 14.4 Å². The molecule has 2 heterocycles. The van der Waals surface area contributed by atoms with E-state index in [1.54, 1.807) is 13.0 Å². The van der Waals surface area contributed by atoms with Gasteiger partial charge in [-0.25, -0.2) is 9.59 Å². The van der Waals surface area contributed by atoms with Crippen LogP contribution in [0.15, 0.2) is 42.1 Å². The molecule has 0 unspecified atom stereocenters. The average Bonchev–Trinajstić information content (AvgIpc) is 3.44. The van der Waals surface area contributed by atoms with Crippen LogP contribution in [-0.2, 0) is 32.8 Å². The quantitative estimate of drug-likeness (QED) is 0.192. The lowest BCUT2D eigenvalue weighted by molar-refractivity contribution is -0.113. The van der Waals surface area contributed by atoms with Crippen molar-refractivity contribution >= 4 is 45.9 Å². The average molecular weight is 573 g/mol. The number of benzene rings is 1. The van der Waals surface area contributed by atoms with Crippen LogP contribution in [0, 0.1) is 6.92 Å². The molecule has 0 saturated carbocycles. The first-order chi connectivity index (χ1) is 18.5. The minimum absolute atomic E-state index is 0.0183. The number of methoxy groups -OCH3 is 2. The van der Waals surface area contributed by atoms with Crippen molar-refractivity contribution in [2.24, 2.45) is 0 Å². The smallest absolute Gasteiger partial charge is 0.348 e. The highest BCUT2D eigenvalue weighted by atomic mass is 32.2. The number of hydrogen-bond donors (Lipinski definition) is 1. The van der Waals surface area contributed by atoms with Crippen molar-refractivity contribution in [2.75, 3.05) is 25.3 Å². The summed E-state index contributed by atoms with van der Waals surface area (Å²) in [5.41, 5.74) is 1.75. The van der Waals surface area contributed by atoms with Gasteiger partial charge in [-0.3, -0.25) is 9.36 Å². The molecule has 0 aliphatic rings. The second-order valence-electron chi connectivity index (χ2n) is 9.44. The Morgan fingerprint density at radius 1 is 1.10 bits per heavy atom. The van der Waals surface area contributed by atoms with Crippen LogP contribution in [0.5, 0.6) is 5.75 Å². The lowest BCUT2D eigenvalue weighted by atomic mass is 9.87. The number of nitrogens with one attached hydrogen (secondary N) is 1. The van der Waals surface area contributed by atoms with Gasteiger partial charge in [0.2, 0.25) is 5.91 Å². The van der Waals surface area contributed by atoms with Gasteiger partial charge in [0.15, 0.2) is 11.0 Å². The molecular formula is C27H32N4O6S2. The number of nitrogens with zero attached hydrogens (tertiary/aromatic N) is 3. The van der Waals surface area contributed by atoms with Crippen molar-refractivity contribution in [2.45, 2.75) is 51.4 Å². The zero-order valence-corrected chi connectivity index (χ0v) is 24.5. The van der Waals surface area contributed by atoms with E-state index in [0.29, 0.717) is 28.8 Å². The van der Waals surface area contributed by atoms with Crippen LogP contribution >= 0.6 is 23.1 Å². The number of aromatic nitrogens is 3. The molecule has 3 aromatic rings. The van der Waals surface area contributed by atoms with E-state index in [0.717, 1.165) is 11.3 Å². The number of hydrogen-bond acceptors (Lipinski definition) is 10. The molecule has 0 aliphatic heterocycles. The van der Waals surface area contributed by atoms with E-state index < -0.39 is 17.8 Å². The summed E-state index contributed by atoms with van der Waals surface area (Å²) in [6.45, 7) is 12.5.